The van der Waals surface area contributed by atoms with Gasteiger partial charge in [-0.1, -0.05) is 18.2 Å². The lowest BCUT2D eigenvalue weighted by Crippen LogP contribution is -2.02. The zero-order valence-corrected chi connectivity index (χ0v) is 12.3. The van der Waals surface area contributed by atoms with Gasteiger partial charge in [0.15, 0.2) is 0 Å². The number of hydrogen-bond donors (Lipinski definition) is 1. The zero-order chi connectivity index (χ0) is 14.8. The van der Waals surface area contributed by atoms with E-state index in [-0.39, 0.29) is 5.82 Å². The molecule has 0 aliphatic heterocycles. The molecule has 0 atom stereocenters. The summed E-state index contributed by atoms with van der Waals surface area (Å²) in [5, 5.41) is 15.5. The van der Waals surface area contributed by atoms with Crippen molar-refractivity contribution in [1.82, 2.24) is 0 Å². The van der Waals surface area contributed by atoms with Crippen LogP contribution in [0.3, 0.4) is 0 Å². The molecule has 1 heterocycles. The van der Waals surface area contributed by atoms with Crippen LogP contribution in [-0.4, -0.2) is 0 Å². The monoisotopic (exact) mass is 296 g/mol. The Morgan fingerprint density at radius 2 is 2.10 bits per heavy atom. The van der Waals surface area contributed by atoms with E-state index in [1.54, 1.807) is 24.3 Å². The number of fused-ring (bicyclic) bond motifs is 1. The zero-order valence-electron chi connectivity index (χ0n) is 11.5. The summed E-state index contributed by atoms with van der Waals surface area (Å²) in [5.41, 5.74) is 2.71. The molecule has 21 heavy (non-hydrogen) atoms. The van der Waals surface area contributed by atoms with Gasteiger partial charge in [0.1, 0.15) is 5.82 Å². The molecule has 0 aliphatic carbocycles. The fourth-order valence-corrected chi connectivity index (χ4v) is 3.25. The second-order valence-corrected chi connectivity index (χ2v) is 5.76. The number of anilines is 1. The molecule has 0 fully saturated rings. The van der Waals surface area contributed by atoms with Crippen LogP contribution in [0, 0.1) is 24.1 Å². The van der Waals surface area contributed by atoms with Crippen molar-refractivity contribution in [2.24, 2.45) is 0 Å². The highest BCUT2D eigenvalue weighted by molar-refractivity contribution is 7.17. The maximum absolute atomic E-state index is 13.8. The highest BCUT2D eigenvalue weighted by atomic mass is 32.1. The predicted octanol–water partition coefficient (Wildman–Crippen LogP) is 4.83. The van der Waals surface area contributed by atoms with Gasteiger partial charge in [-0.2, -0.15) is 5.26 Å². The first-order chi connectivity index (χ1) is 10.2. The van der Waals surface area contributed by atoms with Gasteiger partial charge in [-0.05, 0) is 41.5 Å². The van der Waals surface area contributed by atoms with Crippen LogP contribution in [0.1, 0.15) is 16.7 Å². The first-order valence-electron chi connectivity index (χ1n) is 6.58. The molecule has 4 heteroatoms. The van der Waals surface area contributed by atoms with E-state index < -0.39 is 0 Å². The van der Waals surface area contributed by atoms with Gasteiger partial charge >= 0.3 is 0 Å². The molecular formula is C17H13FN2S. The molecule has 0 radical (unpaired) electrons. The maximum Gasteiger partial charge on any atom is 0.129 e. The molecule has 2 nitrogen and oxygen atoms in total. The van der Waals surface area contributed by atoms with Crippen molar-refractivity contribution in [2.45, 2.75) is 13.5 Å². The summed E-state index contributed by atoms with van der Waals surface area (Å²) in [6.45, 7) is 2.32. The maximum atomic E-state index is 13.8. The van der Waals surface area contributed by atoms with Crippen LogP contribution in [0.2, 0.25) is 0 Å². The summed E-state index contributed by atoms with van der Waals surface area (Å²) >= 11 is 1.70. The fourth-order valence-electron chi connectivity index (χ4n) is 2.29. The molecule has 1 N–H and O–H groups in total. The van der Waals surface area contributed by atoms with Crippen molar-refractivity contribution in [1.29, 1.82) is 5.26 Å². The average molecular weight is 296 g/mol. The molecular weight excluding hydrogens is 283 g/mol. The summed E-state index contributed by atoms with van der Waals surface area (Å²) in [5.74, 6) is -0.355. The summed E-state index contributed by atoms with van der Waals surface area (Å²) in [4.78, 5) is 0. The lowest BCUT2D eigenvalue weighted by molar-refractivity contribution is 0.618. The summed E-state index contributed by atoms with van der Waals surface area (Å²) in [6.07, 6.45) is 0. The van der Waals surface area contributed by atoms with E-state index in [4.69, 9.17) is 5.26 Å². The Bertz CT molecular complexity index is 846. The van der Waals surface area contributed by atoms with Gasteiger partial charge in [0.25, 0.3) is 0 Å². The highest BCUT2D eigenvalue weighted by Crippen LogP contribution is 2.27. The van der Waals surface area contributed by atoms with Crippen LogP contribution >= 0.6 is 11.3 Å². The van der Waals surface area contributed by atoms with E-state index >= 15 is 0 Å². The minimum absolute atomic E-state index is 0.329. The minimum Gasteiger partial charge on any atom is -0.381 e. The van der Waals surface area contributed by atoms with Gasteiger partial charge in [0.05, 0.1) is 11.6 Å². The first-order valence-corrected chi connectivity index (χ1v) is 7.46. The molecule has 0 amide bonds. The number of thiophene rings is 1. The number of nitriles is 1. The molecule has 0 bridgehead atoms. The van der Waals surface area contributed by atoms with Crippen LogP contribution in [0.4, 0.5) is 10.1 Å². The second-order valence-electron chi connectivity index (χ2n) is 4.85. The van der Waals surface area contributed by atoms with Crippen molar-refractivity contribution in [3.63, 3.8) is 0 Å². The molecule has 0 aliphatic rings. The third-order valence-corrected chi connectivity index (χ3v) is 4.52. The Kier molecular flexibility index (Phi) is 3.59. The van der Waals surface area contributed by atoms with Gasteiger partial charge in [-0.25, -0.2) is 4.39 Å². The summed E-state index contributed by atoms with van der Waals surface area (Å²) in [6, 6.07) is 13.1. The molecule has 3 aromatic rings. The van der Waals surface area contributed by atoms with Crippen molar-refractivity contribution in [2.75, 3.05) is 5.32 Å². The average Bonchev–Trinajstić information content (AvgIpc) is 2.92. The van der Waals surface area contributed by atoms with E-state index in [2.05, 4.69) is 22.8 Å². The van der Waals surface area contributed by atoms with Gasteiger partial charge in [0.2, 0.25) is 0 Å². The van der Waals surface area contributed by atoms with Crippen molar-refractivity contribution < 1.29 is 4.39 Å². The van der Waals surface area contributed by atoms with E-state index in [0.29, 0.717) is 23.4 Å². The lowest BCUT2D eigenvalue weighted by Gasteiger charge is -2.10. The number of rotatable bonds is 3. The second kappa shape index (κ2) is 5.55. The van der Waals surface area contributed by atoms with E-state index in [1.807, 2.05) is 18.2 Å². The number of hydrogen-bond acceptors (Lipinski definition) is 3. The van der Waals surface area contributed by atoms with Crippen molar-refractivity contribution >= 4 is 27.1 Å². The smallest absolute Gasteiger partial charge is 0.129 e. The molecule has 2 aromatic carbocycles. The SMILES string of the molecule is Cc1c(F)cc(C#N)cc1NCc1csc2ccccc12. The van der Waals surface area contributed by atoms with Gasteiger partial charge < -0.3 is 5.32 Å². The topological polar surface area (TPSA) is 35.8 Å². The Morgan fingerprint density at radius 3 is 2.90 bits per heavy atom. The van der Waals surface area contributed by atoms with Gasteiger partial charge in [0, 0.05) is 22.5 Å². The molecule has 0 saturated heterocycles. The van der Waals surface area contributed by atoms with Gasteiger partial charge in [-0.3, -0.25) is 0 Å². The standard InChI is InChI=1S/C17H13FN2S/c1-11-15(18)6-12(8-19)7-16(11)20-9-13-10-21-17-5-3-2-4-14(13)17/h2-7,10,20H,9H2,1H3. The normalized spacial score (nSPS) is 10.5. The van der Waals surface area contributed by atoms with Crippen LogP contribution in [0.15, 0.2) is 41.8 Å². The number of nitrogens with zero attached hydrogens (tertiary/aromatic N) is 1. The molecule has 0 unspecified atom stereocenters. The van der Waals surface area contributed by atoms with Crippen molar-refractivity contribution in [3.8, 4) is 6.07 Å². The van der Waals surface area contributed by atoms with E-state index in [0.717, 1.165) is 0 Å². The Hall–Kier alpha value is -2.38. The first kappa shape index (κ1) is 13.6. The third kappa shape index (κ3) is 2.61. The number of benzene rings is 2. The molecule has 104 valence electrons. The lowest BCUT2D eigenvalue weighted by atomic mass is 10.1. The van der Waals surface area contributed by atoms with Crippen LogP contribution in [0.25, 0.3) is 10.1 Å². The predicted molar refractivity (Wildman–Crippen MR) is 85.0 cm³/mol. The van der Waals surface area contributed by atoms with Crippen LogP contribution in [0.5, 0.6) is 0 Å². The van der Waals surface area contributed by atoms with Crippen LogP contribution in [-0.2, 0) is 6.54 Å². The minimum atomic E-state index is -0.355. The Balaban J connectivity index is 1.88. The summed E-state index contributed by atoms with van der Waals surface area (Å²) in [7, 11) is 0. The quantitative estimate of drug-likeness (QED) is 0.751. The fraction of sp³-hybridized carbons (Fsp3) is 0.118. The molecule has 0 saturated carbocycles. The molecule has 0 spiro atoms. The molecule has 3 rings (SSSR count). The summed E-state index contributed by atoms with van der Waals surface area (Å²) < 4.78 is 15.0. The van der Waals surface area contributed by atoms with Crippen molar-refractivity contribution in [3.05, 3.63) is 64.3 Å². The Morgan fingerprint density at radius 1 is 1.29 bits per heavy atom. The number of halogens is 1. The Labute approximate surface area is 126 Å². The number of nitrogens with one attached hydrogen (secondary N) is 1. The van der Waals surface area contributed by atoms with E-state index in [1.165, 1.54) is 21.7 Å². The third-order valence-electron chi connectivity index (χ3n) is 3.50. The highest BCUT2D eigenvalue weighted by Gasteiger charge is 2.08. The van der Waals surface area contributed by atoms with E-state index in [9.17, 15) is 4.39 Å². The van der Waals surface area contributed by atoms with Gasteiger partial charge in [-0.15, -0.1) is 11.3 Å². The van der Waals surface area contributed by atoms with Crippen LogP contribution < -0.4 is 5.32 Å². The molecule has 1 aromatic heterocycles. The largest absolute Gasteiger partial charge is 0.381 e.